The van der Waals surface area contributed by atoms with Crippen molar-refractivity contribution in [3.05, 3.63) is 46.3 Å². The number of rotatable bonds is 5. The van der Waals surface area contributed by atoms with Crippen LogP contribution in [0.1, 0.15) is 43.0 Å². The number of aryl methyl sites for hydroxylation is 1. The van der Waals surface area contributed by atoms with Crippen molar-refractivity contribution in [2.24, 2.45) is 5.10 Å². The van der Waals surface area contributed by atoms with Gasteiger partial charge in [-0.1, -0.05) is 25.4 Å². The average molecular weight is 443 g/mol. The third-order valence-electron chi connectivity index (χ3n) is 5.32. The predicted molar refractivity (Wildman–Crippen MR) is 117 cm³/mol. The highest BCUT2D eigenvalue weighted by Gasteiger charge is 2.43. The van der Waals surface area contributed by atoms with Gasteiger partial charge in [0.15, 0.2) is 11.5 Å². The van der Waals surface area contributed by atoms with E-state index in [0.29, 0.717) is 29.1 Å². The lowest BCUT2D eigenvalue weighted by atomic mass is 9.88. The van der Waals surface area contributed by atoms with Crippen LogP contribution < -0.4 is 10.7 Å². The molecule has 0 fully saturated rings. The van der Waals surface area contributed by atoms with Crippen molar-refractivity contribution >= 4 is 47.1 Å². The minimum atomic E-state index is -0.566. The van der Waals surface area contributed by atoms with Crippen molar-refractivity contribution in [2.75, 3.05) is 10.7 Å². The molecular weight excluding hydrogens is 423 g/mol. The Kier molecular flexibility index (Phi) is 5.18. The van der Waals surface area contributed by atoms with Gasteiger partial charge in [0.05, 0.1) is 40.3 Å². The second kappa shape index (κ2) is 7.69. The summed E-state index contributed by atoms with van der Waals surface area (Å²) in [4.78, 5) is 21.6. The van der Waals surface area contributed by atoms with Crippen LogP contribution in [0.4, 0.5) is 15.9 Å². The van der Waals surface area contributed by atoms with Gasteiger partial charge in [-0.3, -0.25) is 10.2 Å². The lowest BCUT2D eigenvalue weighted by Crippen LogP contribution is -2.21. The number of anilines is 2. The van der Waals surface area contributed by atoms with Crippen LogP contribution in [-0.4, -0.2) is 37.9 Å². The molecule has 0 aromatic carbocycles. The number of fused-ring (bicyclic) bond motifs is 3. The van der Waals surface area contributed by atoms with E-state index >= 15 is 0 Å². The highest BCUT2D eigenvalue weighted by molar-refractivity contribution is 6.33. The molecule has 1 amide bonds. The number of nitrogens with one attached hydrogen (secondary N) is 3. The van der Waals surface area contributed by atoms with E-state index in [0.717, 1.165) is 17.5 Å². The maximum absolute atomic E-state index is 14.1. The number of hydrogen-bond acceptors (Lipinski definition) is 7. The standard InChI is InChI=1S/C20H20ClFN8O/c1-10-16(22)29-30-15-13(9-25-18(10)30)12(7-20(15,2)3)19(31)27-11-6-14(21)17(24-8-11)28-26-5-4-23/h4-6,8-9,12,23H,7H2,1-3H3,(H,24,28)(H,27,31)/b23-4?,26-5-/t12-/m1/s1. The monoisotopic (exact) mass is 442 g/mol. The van der Waals surface area contributed by atoms with E-state index in [1.807, 2.05) is 13.8 Å². The summed E-state index contributed by atoms with van der Waals surface area (Å²) >= 11 is 6.20. The minimum Gasteiger partial charge on any atom is -0.324 e. The molecule has 0 bridgehead atoms. The first-order valence-corrected chi connectivity index (χ1v) is 9.89. The Morgan fingerprint density at radius 1 is 1.42 bits per heavy atom. The lowest BCUT2D eigenvalue weighted by molar-refractivity contribution is -0.117. The van der Waals surface area contributed by atoms with Crippen LogP contribution >= 0.6 is 11.6 Å². The summed E-state index contributed by atoms with van der Waals surface area (Å²) in [6.45, 7) is 5.64. The summed E-state index contributed by atoms with van der Waals surface area (Å²) in [5.74, 6) is -0.988. The fourth-order valence-electron chi connectivity index (χ4n) is 3.92. The highest BCUT2D eigenvalue weighted by Crippen LogP contribution is 2.46. The number of halogens is 2. The summed E-state index contributed by atoms with van der Waals surface area (Å²) in [7, 11) is 0. The molecule has 3 heterocycles. The first-order valence-electron chi connectivity index (χ1n) is 9.51. The number of amides is 1. The molecule has 0 saturated carbocycles. The van der Waals surface area contributed by atoms with E-state index in [4.69, 9.17) is 17.0 Å². The maximum atomic E-state index is 14.1. The van der Waals surface area contributed by atoms with Crippen LogP contribution in [0.5, 0.6) is 0 Å². The molecular formula is C20H20ClFN8O. The molecule has 3 aromatic rings. The van der Waals surface area contributed by atoms with Gasteiger partial charge in [-0.25, -0.2) is 14.5 Å². The summed E-state index contributed by atoms with van der Waals surface area (Å²) in [5.41, 5.74) is 4.97. The number of pyridine rings is 1. The van der Waals surface area contributed by atoms with E-state index in [1.54, 1.807) is 19.2 Å². The third kappa shape index (κ3) is 3.63. The van der Waals surface area contributed by atoms with E-state index in [9.17, 15) is 9.18 Å². The molecule has 1 aliphatic rings. The molecule has 0 unspecified atom stereocenters. The highest BCUT2D eigenvalue weighted by atomic mass is 35.5. The fraction of sp³-hybridized carbons (Fsp3) is 0.300. The van der Waals surface area contributed by atoms with Gasteiger partial charge in [0.2, 0.25) is 11.9 Å². The summed E-state index contributed by atoms with van der Waals surface area (Å²) in [5, 5.41) is 17.8. The Balaban J connectivity index is 1.62. The van der Waals surface area contributed by atoms with Gasteiger partial charge in [-0.15, -0.1) is 5.10 Å². The number of aromatic nitrogens is 4. The van der Waals surface area contributed by atoms with E-state index in [-0.39, 0.29) is 10.9 Å². The number of carbonyl (C=O) groups is 1. The largest absolute Gasteiger partial charge is 0.324 e. The molecule has 9 nitrogen and oxygen atoms in total. The van der Waals surface area contributed by atoms with Crippen LogP contribution in [0.15, 0.2) is 23.6 Å². The Hall–Kier alpha value is -3.40. The smallest absolute Gasteiger partial charge is 0.238 e. The van der Waals surface area contributed by atoms with Gasteiger partial charge in [0.25, 0.3) is 0 Å². The first kappa shape index (κ1) is 20.9. The topological polar surface area (TPSA) is 120 Å². The molecule has 1 atom stereocenters. The molecule has 4 rings (SSSR count). The van der Waals surface area contributed by atoms with Gasteiger partial charge in [0, 0.05) is 23.4 Å². The molecule has 11 heteroatoms. The molecule has 31 heavy (non-hydrogen) atoms. The number of carbonyl (C=O) groups excluding carboxylic acids is 1. The Bertz CT molecular complexity index is 1240. The molecule has 160 valence electrons. The quantitative estimate of drug-likeness (QED) is 0.411. The van der Waals surface area contributed by atoms with Crippen LogP contribution in [0.3, 0.4) is 0 Å². The Labute approximate surface area is 182 Å². The van der Waals surface area contributed by atoms with Crippen molar-refractivity contribution in [2.45, 2.75) is 38.5 Å². The number of hydrogen-bond donors (Lipinski definition) is 3. The molecule has 1 aliphatic carbocycles. The Morgan fingerprint density at radius 2 is 2.19 bits per heavy atom. The van der Waals surface area contributed by atoms with Crippen molar-refractivity contribution in [1.29, 1.82) is 5.41 Å². The number of hydrazone groups is 1. The van der Waals surface area contributed by atoms with Crippen molar-refractivity contribution in [1.82, 2.24) is 19.6 Å². The zero-order chi connectivity index (χ0) is 22.3. The average Bonchev–Trinajstić information content (AvgIpc) is 3.16. The molecule has 3 aromatic heterocycles. The van der Waals surface area contributed by atoms with Gasteiger partial charge in [0.1, 0.15) is 0 Å². The second-order valence-electron chi connectivity index (χ2n) is 7.95. The normalized spacial score (nSPS) is 17.1. The van der Waals surface area contributed by atoms with Crippen LogP contribution in [-0.2, 0) is 10.2 Å². The first-order chi connectivity index (χ1) is 14.7. The maximum Gasteiger partial charge on any atom is 0.238 e. The summed E-state index contributed by atoms with van der Waals surface area (Å²) in [6, 6.07) is 1.56. The molecule has 3 N–H and O–H groups in total. The van der Waals surface area contributed by atoms with Crippen LogP contribution in [0, 0.1) is 18.3 Å². The van der Waals surface area contributed by atoms with Gasteiger partial charge in [-0.2, -0.15) is 9.49 Å². The van der Waals surface area contributed by atoms with Crippen LogP contribution in [0.25, 0.3) is 5.65 Å². The summed E-state index contributed by atoms with van der Waals surface area (Å²) in [6.07, 6.45) is 5.87. The fourth-order valence-corrected chi connectivity index (χ4v) is 4.13. The van der Waals surface area contributed by atoms with Crippen molar-refractivity contribution in [3.63, 3.8) is 0 Å². The van der Waals surface area contributed by atoms with Gasteiger partial charge < -0.3 is 10.7 Å². The van der Waals surface area contributed by atoms with Gasteiger partial charge >= 0.3 is 0 Å². The van der Waals surface area contributed by atoms with Crippen molar-refractivity contribution < 1.29 is 9.18 Å². The molecule has 0 saturated heterocycles. The van der Waals surface area contributed by atoms with Gasteiger partial charge in [-0.05, 0) is 19.4 Å². The second-order valence-corrected chi connectivity index (χ2v) is 8.36. The SMILES string of the molecule is Cc1c(F)nn2c3c(cnc12)[C@H](C(=O)Nc1cnc(N/N=C\C=N)c(Cl)c1)CC3(C)C. The zero-order valence-corrected chi connectivity index (χ0v) is 17.8. The predicted octanol–water partition coefficient (Wildman–Crippen LogP) is 3.68. The lowest BCUT2D eigenvalue weighted by Gasteiger charge is -2.19. The van der Waals surface area contributed by atoms with E-state index in [1.165, 1.54) is 16.9 Å². The summed E-state index contributed by atoms with van der Waals surface area (Å²) < 4.78 is 15.6. The molecule has 0 spiro atoms. The van der Waals surface area contributed by atoms with E-state index < -0.39 is 17.3 Å². The Morgan fingerprint density at radius 3 is 2.90 bits per heavy atom. The van der Waals surface area contributed by atoms with Crippen LogP contribution in [0.2, 0.25) is 5.02 Å². The minimum absolute atomic E-state index is 0.238. The molecule has 0 aliphatic heterocycles. The van der Waals surface area contributed by atoms with E-state index in [2.05, 4.69) is 30.9 Å². The zero-order valence-electron chi connectivity index (χ0n) is 17.1. The molecule has 0 radical (unpaired) electrons. The van der Waals surface area contributed by atoms with Crippen molar-refractivity contribution in [3.8, 4) is 0 Å². The third-order valence-corrected chi connectivity index (χ3v) is 5.61. The number of nitrogens with zero attached hydrogens (tertiary/aromatic N) is 5.